The summed E-state index contributed by atoms with van der Waals surface area (Å²) in [5, 5.41) is 13.3. The molecule has 3 N–H and O–H groups in total. The summed E-state index contributed by atoms with van der Waals surface area (Å²) >= 11 is 0. The Morgan fingerprint density at radius 2 is 2.39 bits per heavy atom. The summed E-state index contributed by atoms with van der Waals surface area (Å²) in [6, 6.07) is 0.186. The summed E-state index contributed by atoms with van der Waals surface area (Å²) in [5.74, 6) is -3.88. The van der Waals surface area contributed by atoms with Crippen molar-refractivity contribution in [1.82, 2.24) is 9.55 Å². The van der Waals surface area contributed by atoms with E-state index in [1.54, 1.807) is 6.92 Å². The van der Waals surface area contributed by atoms with Gasteiger partial charge >= 0.3 is 11.6 Å². The summed E-state index contributed by atoms with van der Waals surface area (Å²) in [4.78, 5) is 17.7. The van der Waals surface area contributed by atoms with Crippen molar-refractivity contribution in [3.63, 3.8) is 0 Å². The predicted octanol–water partition coefficient (Wildman–Crippen LogP) is 1.20. The Morgan fingerprint density at radius 1 is 1.70 bits per heavy atom. The topological polar surface area (TPSA) is 139 Å². The number of nitrogen functional groups attached to an aromatic ring is 1. The minimum atomic E-state index is -3.76. The molecule has 2 heterocycles. The number of hydrogen-bond acceptors (Lipinski definition) is 6. The smallest absolute Gasteiger partial charge is 0.351 e. The molecule has 1 saturated heterocycles. The van der Waals surface area contributed by atoms with Gasteiger partial charge in [-0.3, -0.25) is 4.57 Å². The standard InChI is InChI=1S/C12H16F2N6O3/c1-2-3-6(18-19-16)8-9(21)12(13,14)10(23-8)20-5-4-7(15)17-11(20)22/h4-6,8-10,21H,2-3H2,1H3,(H2,15,17,22)/t6?,8-,9-,10-/m1/s1. The Morgan fingerprint density at radius 3 is 2.96 bits per heavy atom. The quantitative estimate of drug-likeness (QED) is 0.474. The molecule has 1 aliphatic rings. The van der Waals surface area contributed by atoms with Gasteiger partial charge in [0, 0.05) is 11.1 Å². The molecule has 9 nitrogen and oxygen atoms in total. The van der Waals surface area contributed by atoms with E-state index >= 15 is 0 Å². The second-order valence-electron chi connectivity index (χ2n) is 5.18. The zero-order valence-electron chi connectivity index (χ0n) is 12.2. The average Bonchev–Trinajstić information content (AvgIpc) is 2.71. The highest BCUT2D eigenvalue weighted by atomic mass is 19.3. The van der Waals surface area contributed by atoms with Gasteiger partial charge in [0.1, 0.15) is 18.0 Å². The first kappa shape index (κ1) is 17.1. The third kappa shape index (κ3) is 3.11. The van der Waals surface area contributed by atoms with Crippen LogP contribution in [0.2, 0.25) is 0 Å². The molecule has 23 heavy (non-hydrogen) atoms. The van der Waals surface area contributed by atoms with Gasteiger partial charge in [-0.25, -0.2) is 4.79 Å². The Kier molecular flexibility index (Phi) is 4.83. The van der Waals surface area contributed by atoms with Gasteiger partial charge in [-0.05, 0) is 18.0 Å². The fourth-order valence-corrected chi connectivity index (χ4v) is 2.49. The monoisotopic (exact) mass is 330 g/mol. The second kappa shape index (κ2) is 6.49. The van der Waals surface area contributed by atoms with Crippen LogP contribution >= 0.6 is 0 Å². The lowest BCUT2D eigenvalue weighted by Crippen LogP contribution is -2.43. The third-order valence-electron chi connectivity index (χ3n) is 3.59. The van der Waals surface area contributed by atoms with Gasteiger partial charge in [0.05, 0.1) is 6.04 Å². The normalized spacial score (nSPS) is 27.4. The van der Waals surface area contributed by atoms with Gasteiger partial charge in [-0.1, -0.05) is 18.5 Å². The lowest BCUT2D eigenvalue weighted by molar-refractivity contribution is -0.140. The number of hydrogen-bond donors (Lipinski definition) is 2. The summed E-state index contributed by atoms with van der Waals surface area (Å²) in [6.45, 7) is 1.77. The fraction of sp³-hybridized carbons (Fsp3) is 0.667. The SMILES string of the molecule is CCCC(N=[N+]=[N-])[C@H]1O[C@@H](n2ccc(N)nc2=O)C(F)(F)[C@@H]1O. The van der Waals surface area contributed by atoms with Crippen LogP contribution in [0.4, 0.5) is 14.6 Å². The zero-order chi connectivity index (χ0) is 17.2. The molecule has 1 aromatic heterocycles. The molecule has 0 radical (unpaired) electrons. The maximum atomic E-state index is 14.3. The van der Waals surface area contributed by atoms with Gasteiger partial charge in [0.15, 0.2) is 0 Å². The number of halogens is 2. The Balaban J connectivity index is 2.39. The first-order chi connectivity index (χ1) is 10.8. The van der Waals surface area contributed by atoms with Crippen molar-refractivity contribution < 1.29 is 18.6 Å². The lowest BCUT2D eigenvalue weighted by atomic mass is 10.00. The van der Waals surface area contributed by atoms with Crippen molar-refractivity contribution in [3.8, 4) is 0 Å². The maximum absolute atomic E-state index is 14.3. The molecule has 1 aliphatic heterocycles. The fourth-order valence-electron chi connectivity index (χ4n) is 2.49. The van der Waals surface area contributed by atoms with Crippen LogP contribution in [0.1, 0.15) is 26.0 Å². The molecule has 0 aromatic carbocycles. The maximum Gasteiger partial charge on any atom is 0.351 e. The first-order valence-corrected chi connectivity index (χ1v) is 6.93. The van der Waals surface area contributed by atoms with Crippen LogP contribution in [0.3, 0.4) is 0 Å². The summed E-state index contributed by atoms with van der Waals surface area (Å²) < 4.78 is 34.4. The van der Waals surface area contributed by atoms with E-state index in [9.17, 15) is 18.7 Å². The molecule has 0 aliphatic carbocycles. The molecule has 1 unspecified atom stereocenters. The van der Waals surface area contributed by atoms with Crippen molar-refractivity contribution in [2.45, 2.75) is 50.2 Å². The number of ether oxygens (including phenoxy) is 1. The number of nitrogens with zero attached hydrogens (tertiary/aromatic N) is 5. The molecule has 0 bridgehead atoms. The van der Waals surface area contributed by atoms with Crippen molar-refractivity contribution in [2.24, 2.45) is 5.11 Å². The van der Waals surface area contributed by atoms with E-state index in [2.05, 4.69) is 15.0 Å². The van der Waals surface area contributed by atoms with Crippen LogP contribution in [-0.4, -0.2) is 38.8 Å². The van der Waals surface area contributed by atoms with E-state index in [1.165, 1.54) is 0 Å². The van der Waals surface area contributed by atoms with Crippen molar-refractivity contribution in [1.29, 1.82) is 0 Å². The highest BCUT2D eigenvalue weighted by Crippen LogP contribution is 2.44. The third-order valence-corrected chi connectivity index (χ3v) is 3.59. The minimum absolute atomic E-state index is 0.123. The van der Waals surface area contributed by atoms with Crippen LogP contribution in [0.5, 0.6) is 0 Å². The largest absolute Gasteiger partial charge is 0.384 e. The molecule has 1 fully saturated rings. The Hall–Kier alpha value is -2.23. The number of aliphatic hydroxyl groups is 1. The van der Waals surface area contributed by atoms with E-state index < -0.39 is 36.1 Å². The van der Waals surface area contributed by atoms with Crippen molar-refractivity contribution in [3.05, 3.63) is 33.2 Å². The van der Waals surface area contributed by atoms with Crippen LogP contribution in [0.25, 0.3) is 10.4 Å². The molecule has 126 valence electrons. The number of azide groups is 1. The van der Waals surface area contributed by atoms with E-state index in [-0.39, 0.29) is 12.2 Å². The molecule has 1 aromatic rings. The van der Waals surface area contributed by atoms with Gasteiger partial charge in [0.25, 0.3) is 0 Å². The highest BCUT2D eigenvalue weighted by Gasteiger charge is 2.61. The summed E-state index contributed by atoms with van der Waals surface area (Å²) in [6.07, 6.45) is -3.91. The molecule has 0 saturated carbocycles. The van der Waals surface area contributed by atoms with Gasteiger partial charge in [0.2, 0.25) is 6.23 Å². The molecule has 11 heteroatoms. The van der Waals surface area contributed by atoms with Crippen LogP contribution in [0.15, 0.2) is 22.2 Å². The number of anilines is 1. The van der Waals surface area contributed by atoms with Crippen LogP contribution in [-0.2, 0) is 4.74 Å². The molecular weight excluding hydrogens is 314 g/mol. The van der Waals surface area contributed by atoms with E-state index in [0.29, 0.717) is 11.0 Å². The molecule has 4 atom stereocenters. The Labute approximate surface area is 129 Å². The van der Waals surface area contributed by atoms with Gasteiger partial charge < -0.3 is 15.6 Å². The highest BCUT2D eigenvalue weighted by molar-refractivity contribution is 5.23. The van der Waals surface area contributed by atoms with Gasteiger partial charge in [-0.2, -0.15) is 13.8 Å². The first-order valence-electron chi connectivity index (χ1n) is 6.93. The predicted molar refractivity (Wildman–Crippen MR) is 75.6 cm³/mol. The minimum Gasteiger partial charge on any atom is -0.384 e. The molecule has 0 spiro atoms. The summed E-state index contributed by atoms with van der Waals surface area (Å²) in [7, 11) is 0. The number of aromatic nitrogens is 2. The average molecular weight is 330 g/mol. The second-order valence-corrected chi connectivity index (χ2v) is 5.18. The van der Waals surface area contributed by atoms with Crippen molar-refractivity contribution >= 4 is 5.82 Å². The summed E-state index contributed by atoms with van der Waals surface area (Å²) in [5.41, 5.74) is 12.8. The van der Waals surface area contributed by atoms with Gasteiger partial charge in [-0.15, -0.1) is 0 Å². The Bertz CT molecular complexity index is 675. The molecule has 0 amide bonds. The van der Waals surface area contributed by atoms with Crippen LogP contribution in [0, 0.1) is 0 Å². The van der Waals surface area contributed by atoms with E-state index in [1.807, 2.05) is 0 Å². The number of rotatable bonds is 5. The number of nitrogens with two attached hydrogens (primary N) is 1. The number of alkyl halides is 2. The van der Waals surface area contributed by atoms with Crippen molar-refractivity contribution in [2.75, 3.05) is 5.73 Å². The van der Waals surface area contributed by atoms with Crippen LogP contribution < -0.4 is 11.4 Å². The van der Waals surface area contributed by atoms with E-state index in [0.717, 1.165) is 12.3 Å². The zero-order valence-corrected chi connectivity index (χ0v) is 12.2. The molecule has 2 rings (SSSR count). The lowest BCUT2D eigenvalue weighted by Gasteiger charge is -2.21. The number of aliphatic hydroxyl groups excluding tert-OH is 1. The van der Waals surface area contributed by atoms with E-state index in [4.69, 9.17) is 16.0 Å². The molecular formula is C12H16F2N6O3.